The summed E-state index contributed by atoms with van der Waals surface area (Å²) in [7, 11) is 3.41. The molecule has 6 nitrogen and oxygen atoms in total. The Labute approximate surface area is 179 Å². The van der Waals surface area contributed by atoms with E-state index < -0.39 is 6.36 Å². The highest BCUT2D eigenvalue weighted by atomic mass is 32.2. The van der Waals surface area contributed by atoms with Gasteiger partial charge in [-0.25, -0.2) is 0 Å². The van der Waals surface area contributed by atoms with Crippen LogP contribution in [0.5, 0.6) is 5.75 Å². The number of benzene rings is 2. The molecule has 1 N–H and O–H groups in total. The summed E-state index contributed by atoms with van der Waals surface area (Å²) in [6.45, 7) is 0. The first-order chi connectivity index (χ1) is 14.2. The summed E-state index contributed by atoms with van der Waals surface area (Å²) in [4.78, 5) is 13.4. The summed E-state index contributed by atoms with van der Waals surface area (Å²) in [6.07, 6.45) is -4.72. The van der Waals surface area contributed by atoms with Gasteiger partial charge in [0.25, 0.3) is 5.91 Å². The fourth-order valence-electron chi connectivity index (χ4n) is 2.33. The topological polar surface area (TPSA) is 67.4 Å². The largest absolute Gasteiger partial charge is 0.573 e. The Balaban J connectivity index is 1.53. The molecule has 1 aromatic heterocycles. The highest BCUT2D eigenvalue weighted by molar-refractivity contribution is 8.00. The van der Waals surface area contributed by atoms with Gasteiger partial charge in [0.05, 0.1) is 0 Å². The molecular weight excluding hydrogens is 437 g/mol. The lowest BCUT2D eigenvalue weighted by Crippen LogP contribution is -2.21. The summed E-state index contributed by atoms with van der Waals surface area (Å²) in [5, 5.41) is 11.7. The molecule has 11 heteroatoms. The van der Waals surface area contributed by atoms with Crippen molar-refractivity contribution < 1.29 is 22.7 Å². The first kappa shape index (κ1) is 21.9. The molecule has 3 rings (SSSR count). The van der Waals surface area contributed by atoms with Crippen LogP contribution in [-0.4, -0.2) is 41.5 Å². The minimum absolute atomic E-state index is 0.0490. The van der Waals surface area contributed by atoms with Crippen LogP contribution in [0.15, 0.2) is 52.9 Å². The number of hydrogen-bond acceptors (Lipinski definition) is 7. The van der Waals surface area contributed by atoms with Gasteiger partial charge in [0, 0.05) is 31.1 Å². The number of carbonyl (C=O) groups is 1. The van der Waals surface area contributed by atoms with Gasteiger partial charge in [0.2, 0.25) is 5.13 Å². The molecule has 0 aliphatic rings. The normalized spacial score (nSPS) is 11.2. The van der Waals surface area contributed by atoms with Gasteiger partial charge in [-0.3, -0.25) is 4.79 Å². The Morgan fingerprint density at radius 1 is 1.10 bits per heavy atom. The standard InChI is InChI=1S/C19H17F3N4O2S2/c1-26(2)16(27)13-5-3-12(4-6-13)11-29-18-25-24-17(30-18)23-14-7-9-15(10-8-14)28-19(20,21)22/h3-10H,11H2,1-2H3,(H,23,24). The van der Waals surface area contributed by atoms with Gasteiger partial charge in [-0.15, -0.1) is 23.4 Å². The highest BCUT2D eigenvalue weighted by Crippen LogP contribution is 2.31. The zero-order chi connectivity index (χ0) is 21.7. The predicted octanol–water partition coefficient (Wildman–Crippen LogP) is 5.17. The highest BCUT2D eigenvalue weighted by Gasteiger charge is 2.30. The lowest BCUT2D eigenvalue weighted by Gasteiger charge is -2.10. The number of hydrogen-bond donors (Lipinski definition) is 1. The van der Waals surface area contributed by atoms with Crippen LogP contribution in [0, 0.1) is 0 Å². The average Bonchev–Trinajstić information content (AvgIpc) is 3.14. The van der Waals surface area contributed by atoms with Crippen LogP contribution < -0.4 is 10.1 Å². The molecule has 1 heterocycles. The number of ether oxygens (including phenoxy) is 1. The maximum Gasteiger partial charge on any atom is 0.573 e. The van der Waals surface area contributed by atoms with Crippen LogP contribution in [-0.2, 0) is 5.75 Å². The zero-order valence-corrected chi connectivity index (χ0v) is 17.6. The lowest BCUT2D eigenvalue weighted by atomic mass is 10.1. The quantitative estimate of drug-likeness (QED) is 0.497. The number of aromatic nitrogens is 2. The second-order valence-electron chi connectivity index (χ2n) is 6.26. The van der Waals surface area contributed by atoms with Gasteiger partial charge in [-0.05, 0) is 42.0 Å². The molecule has 1 amide bonds. The number of halogens is 3. The van der Waals surface area contributed by atoms with Crippen molar-refractivity contribution in [2.75, 3.05) is 19.4 Å². The van der Waals surface area contributed by atoms with Crippen LogP contribution in [0.4, 0.5) is 24.0 Å². The number of carbonyl (C=O) groups excluding carboxylic acids is 1. The molecule has 0 fully saturated rings. The zero-order valence-electron chi connectivity index (χ0n) is 15.9. The SMILES string of the molecule is CN(C)C(=O)c1ccc(CSc2nnc(Nc3ccc(OC(F)(F)F)cc3)s2)cc1. The molecule has 0 atom stereocenters. The molecule has 0 aliphatic carbocycles. The third kappa shape index (κ3) is 6.36. The first-order valence-corrected chi connectivity index (χ1v) is 10.4. The summed E-state index contributed by atoms with van der Waals surface area (Å²) in [5.74, 6) is 0.320. The maximum atomic E-state index is 12.2. The third-order valence-electron chi connectivity index (χ3n) is 3.72. The van der Waals surface area contributed by atoms with Crippen LogP contribution in [0.2, 0.25) is 0 Å². The van der Waals surface area contributed by atoms with Crippen molar-refractivity contribution in [1.82, 2.24) is 15.1 Å². The monoisotopic (exact) mass is 454 g/mol. The second-order valence-corrected chi connectivity index (χ2v) is 8.46. The molecule has 0 saturated heterocycles. The van der Waals surface area contributed by atoms with Gasteiger partial charge in [-0.2, -0.15) is 0 Å². The summed E-state index contributed by atoms with van der Waals surface area (Å²) >= 11 is 2.83. The van der Waals surface area contributed by atoms with Gasteiger partial charge < -0.3 is 15.0 Å². The van der Waals surface area contributed by atoms with Crippen molar-refractivity contribution in [3.05, 3.63) is 59.7 Å². The van der Waals surface area contributed by atoms with Crippen molar-refractivity contribution in [3.63, 3.8) is 0 Å². The van der Waals surface area contributed by atoms with E-state index in [0.29, 0.717) is 22.1 Å². The molecule has 2 aromatic carbocycles. The van der Waals surface area contributed by atoms with Crippen molar-refractivity contribution in [3.8, 4) is 5.75 Å². The Morgan fingerprint density at radius 2 is 1.77 bits per heavy atom. The molecule has 0 unspecified atom stereocenters. The molecule has 158 valence electrons. The van der Waals surface area contributed by atoms with Gasteiger partial charge >= 0.3 is 6.36 Å². The first-order valence-electron chi connectivity index (χ1n) is 8.59. The average molecular weight is 454 g/mol. The van der Waals surface area contributed by atoms with E-state index >= 15 is 0 Å². The van der Waals surface area contributed by atoms with Gasteiger partial charge in [-0.1, -0.05) is 35.2 Å². The molecular formula is C19H17F3N4O2S2. The van der Waals surface area contributed by atoms with Crippen LogP contribution in [0.1, 0.15) is 15.9 Å². The second kappa shape index (κ2) is 9.35. The van der Waals surface area contributed by atoms with E-state index in [1.807, 2.05) is 12.1 Å². The number of alkyl halides is 3. The molecule has 0 spiro atoms. The Bertz CT molecular complexity index is 990. The van der Waals surface area contributed by atoms with E-state index in [1.165, 1.54) is 52.3 Å². The van der Waals surface area contributed by atoms with Gasteiger partial charge in [0.1, 0.15) is 5.75 Å². The number of anilines is 2. The minimum Gasteiger partial charge on any atom is -0.406 e. The lowest BCUT2D eigenvalue weighted by molar-refractivity contribution is -0.274. The smallest absolute Gasteiger partial charge is 0.406 e. The number of nitrogens with zero attached hydrogens (tertiary/aromatic N) is 3. The van der Waals surface area contributed by atoms with E-state index in [1.54, 1.807) is 26.2 Å². The number of nitrogens with one attached hydrogen (secondary N) is 1. The van der Waals surface area contributed by atoms with Crippen molar-refractivity contribution in [1.29, 1.82) is 0 Å². The number of rotatable bonds is 7. The molecule has 0 bridgehead atoms. The number of thioether (sulfide) groups is 1. The summed E-state index contributed by atoms with van der Waals surface area (Å²) < 4.78 is 41.2. The number of amides is 1. The molecule has 0 saturated carbocycles. The molecule has 3 aromatic rings. The van der Waals surface area contributed by atoms with E-state index in [2.05, 4.69) is 20.3 Å². The van der Waals surface area contributed by atoms with E-state index in [-0.39, 0.29) is 11.7 Å². The Morgan fingerprint density at radius 3 is 2.37 bits per heavy atom. The molecule has 30 heavy (non-hydrogen) atoms. The van der Waals surface area contributed by atoms with Crippen LogP contribution >= 0.6 is 23.1 Å². The minimum atomic E-state index is -4.72. The fourth-order valence-corrected chi connectivity index (χ4v) is 4.06. The third-order valence-corrected chi connectivity index (χ3v) is 5.76. The van der Waals surface area contributed by atoms with Crippen LogP contribution in [0.3, 0.4) is 0 Å². The van der Waals surface area contributed by atoms with Crippen LogP contribution in [0.25, 0.3) is 0 Å². The van der Waals surface area contributed by atoms with E-state index in [4.69, 9.17) is 0 Å². The fraction of sp³-hybridized carbons (Fsp3) is 0.211. The summed E-state index contributed by atoms with van der Waals surface area (Å²) in [6, 6.07) is 12.7. The van der Waals surface area contributed by atoms with Crippen molar-refractivity contribution in [2.45, 2.75) is 16.5 Å². The predicted molar refractivity (Wildman–Crippen MR) is 110 cm³/mol. The van der Waals surface area contributed by atoms with Crippen molar-refractivity contribution in [2.24, 2.45) is 0 Å². The maximum absolute atomic E-state index is 12.2. The van der Waals surface area contributed by atoms with E-state index in [9.17, 15) is 18.0 Å². The Hall–Kier alpha value is -2.79. The Kier molecular flexibility index (Phi) is 6.83. The van der Waals surface area contributed by atoms with Crippen molar-refractivity contribution >= 4 is 39.8 Å². The summed E-state index contributed by atoms with van der Waals surface area (Å²) in [5.41, 5.74) is 2.24. The molecule has 0 radical (unpaired) electrons. The van der Waals surface area contributed by atoms with E-state index in [0.717, 1.165) is 9.90 Å². The van der Waals surface area contributed by atoms with Gasteiger partial charge in [0.15, 0.2) is 4.34 Å². The molecule has 0 aliphatic heterocycles.